The van der Waals surface area contributed by atoms with Gasteiger partial charge in [-0.1, -0.05) is 157 Å². The second-order valence-electron chi connectivity index (χ2n) is 15.3. The Morgan fingerprint density at radius 3 is 1.57 bits per heavy atom. The van der Waals surface area contributed by atoms with Crippen molar-refractivity contribution in [2.45, 2.75) is 15.2 Å². The average molecular weight is 795 g/mol. The van der Waals surface area contributed by atoms with Crippen LogP contribution >= 0.6 is 11.8 Å². The van der Waals surface area contributed by atoms with Gasteiger partial charge in [-0.3, -0.25) is 0 Å². The molecule has 0 saturated carbocycles. The Bertz CT molecular complexity index is 3400. The maximum Gasteiger partial charge on any atom is 0.164 e. The van der Waals surface area contributed by atoms with E-state index < -0.39 is 5.41 Å². The molecule has 3 heterocycles. The minimum absolute atomic E-state index is 0.336. The highest BCUT2D eigenvalue weighted by atomic mass is 32.2. The van der Waals surface area contributed by atoms with Gasteiger partial charge < -0.3 is 4.57 Å². The van der Waals surface area contributed by atoms with Gasteiger partial charge in [-0.25, -0.2) is 15.0 Å². The molecule has 12 rings (SSSR count). The zero-order valence-electron chi connectivity index (χ0n) is 32.4. The first-order valence-electron chi connectivity index (χ1n) is 20.1. The summed E-state index contributed by atoms with van der Waals surface area (Å²) in [7, 11) is 0. The van der Waals surface area contributed by atoms with Crippen molar-refractivity contribution >= 4 is 33.6 Å². The van der Waals surface area contributed by atoms with Crippen LogP contribution in [-0.4, -0.2) is 19.5 Å². The first-order chi connectivity index (χ1) is 30.2. The second-order valence-corrected chi connectivity index (χ2v) is 16.4. The van der Waals surface area contributed by atoms with Crippen molar-refractivity contribution in [2.75, 3.05) is 0 Å². The predicted octanol–water partition coefficient (Wildman–Crippen LogP) is 12.5. The zero-order valence-corrected chi connectivity index (χ0v) is 33.2. The van der Waals surface area contributed by atoms with Crippen LogP contribution in [0.4, 0.5) is 0 Å². The number of para-hydroxylation sites is 1. The third-order valence-corrected chi connectivity index (χ3v) is 13.3. The summed E-state index contributed by atoms with van der Waals surface area (Å²) in [4.78, 5) is 17.2. The fourth-order valence-electron chi connectivity index (χ4n) is 9.76. The SMILES string of the molecule is N#Cc1cc(-c2nc(-c3ccccc3)nc(-c3ccccc3)n2)cc(C#N)c1-n1c2ccccc2c2c3c(ccc21)-c1ccccc1C31c2ccccc2Sc2ccccc21. The van der Waals surface area contributed by atoms with E-state index in [1.54, 1.807) is 0 Å². The number of hydrogen-bond acceptors (Lipinski definition) is 6. The summed E-state index contributed by atoms with van der Waals surface area (Å²) in [5.74, 6) is 1.38. The Labute approximate surface area is 355 Å². The summed E-state index contributed by atoms with van der Waals surface area (Å²) in [6.07, 6.45) is 0. The Morgan fingerprint density at radius 1 is 0.459 bits per heavy atom. The van der Waals surface area contributed by atoms with Gasteiger partial charge in [0.05, 0.1) is 33.3 Å². The van der Waals surface area contributed by atoms with Crippen molar-refractivity contribution in [3.05, 3.63) is 215 Å². The highest BCUT2D eigenvalue weighted by Crippen LogP contribution is 2.64. The van der Waals surface area contributed by atoms with Crippen LogP contribution in [0.15, 0.2) is 192 Å². The minimum atomic E-state index is -0.621. The molecule has 2 aliphatic rings. The van der Waals surface area contributed by atoms with Gasteiger partial charge >= 0.3 is 0 Å². The lowest BCUT2D eigenvalue weighted by Gasteiger charge is -2.40. The summed E-state index contributed by atoms with van der Waals surface area (Å²) < 4.78 is 2.12. The molecule has 0 bridgehead atoms. The van der Waals surface area contributed by atoms with E-state index >= 15 is 0 Å². The van der Waals surface area contributed by atoms with Gasteiger partial charge in [0.2, 0.25) is 0 Å². The lowest BCUT2D eigenvalue weighted by Crippen LogP contribution is -2.32. The molecular weight excluding hydrogens is 765 g/mol. The number of aromatic nitrogens is 4. The molecule has 282 valence electrons. The van der Waals surface area contributed by atoms with Crippen LogP contribution in [0.3, 0.4) is 0 Å². The van der Waals surface area contributed by atoms with E-state index in [1.165, 1.54) is 43.2 Å². The smallest absolute Gasteiger partial charge is 0.164 e. The summed E-state index contributed by atoms with van der Waals surface area (Å²) in [6.45, 7) is 0. The molecule has 1 aliphatic carbocycles. The summed E-state index contributed by atoms with van der Waals surface area (Å²) in [6, 6.07) is 67.3. The van der Waals surface area contributed by atoms with Crippen LogP contribution in [-0.2, 0) is 5.41 Å². The Balaban J connectivity index is 1.15. The van der Waals surface area contributed by atoms with E-state index in [4.69, 9.17) is 15.0 Å². The number of rotatable bonds is 4. The molecule has 8 aromatic carbocycles. The van der Waals surface area contributed by atoms with Gasteiger partial charge in [-0.15, -0.1) is 0 Å². The van der Waals surface area contributed by atoms with E-state index in [1.807, 2.05) is 90.6 Å². The largest absolute Gasteiger partial charge is 0.307 e. The van der Waals surface area contributed by atoms with Crippen molar-refractivity contribution in [3.8, 4) is 63.1 Å². The van der Waals surface area contributed by atoms with E-state index in [9.17, 15) is 10.5 Å². The molecule has 0 amide bonds. The van der Waals surface area contributed by atoms with Crippen LogP contribution in [0.5, 0.6) is 0 Å². The molecule has 1 spiro atoms. The summed E-state index contributed by atoms with van der Waals surface area (Å²) >= 11 is 1.82. The van der Waals surface area contributed by atoms with Crippen LogP contribution in [0.25, 0.3) is 72.8 Å². The van der Waals surface area contributed by atoms with Gasteiger partial charge in [0, 0.05) is 37.3 Å². The molecule has 10 aromatic rings. The van der Waals surface area contributed by atoms with Crippen LogP contribution in [0.1, 0.15) is 33.4 Å². The fraction of sp³-hybridized carbons (Fsp3) is 0.0185. The molecule has 7 heteroatoms. The molecule has 0 radical (unpaired) electrons. The third-order valence-electron chi connectivity index (χ3n) is 12.2. The first kappa shape index (κ1) is 34.9. The van der Waals surface area contributed by atoms with Crippen LogP contribution < -0.4 is 0 Å². The molecule has 0 saturated heterocycles. The number of benzene rings is 8. The number of nitriles is 2. The van der Waals surface area contributed by atoms with Crippen molar-refractivity contribution in [1.29, 1.82) is 10.5 Å². The van der Waals surface area contributed by atoms with Crippen LogP contribution in [0.2, 0.25) is 0 Å². The number of fused-ring (bicyclic) bond motifs is 13. The average Bonchev–Trinajstić information content (AvgIpc) is 3.82. The van der Waals surface area contributed by atoms with E-state index in [2.05, 4.69) is 120 Å². The molecule has 0 atom stereocenters. The van der Waals surface area contributed by atoms with Gasteiger partial charge in [0.25, 0.3) is 0 Å². The van der Waals surface area contributed by atoms with Gasteiger partial charge in [-0.2, -0.15) is 10.5 Å². The maximum atomic E-state index is 11.1. The number of nitrogens with zero attached hydrogens (tertiary/aromatic N) is 6. The normalized spacial score (nSPS) is 13.0. The third kappa shape index (κ3) is 4.99. The highest BCUT2D eigenvalue weighted by molar-refractivity contribution is 7.99. The molecule has 6 nitrogen and oxygen atoms in total. The molecule has 61 heavy (non-hydrogen) atoms. The zero-order chi connectivity index (χ0) is 40.7. The standard InChI is InChI=1S/C54H30N6S/c55-31-36-29-35(53-58-51(33-15-3-1-4-16-33)57-52(59-53)34-17-5-2-6-18-34)30-37(32-56)50(36)60-44-24-12-8-20-40(44)48-45(60)28-27-39-38-19-7-9-21-41(38)54(49(39)48)42-22-10-13-25-46(42)61-47-26-14-11-23-43(47)54/h1-30H. The molecule has 0 fully saturated rings. The van der Waals surface area contributed by atoms with Crippen molar-refractivity contribution in [3.63, 3.8) is 0 Å². The Hall–Kier alpha value is -8.10. The summed E-state index contributed by atoms with van der Waals surface area (Å²) in [5, 5.41) is 24.3. The van der Waals surface area contributed by atoms with Crippen molar-refractivity contribution in [1.82, 2.24) is 19.5 Å². The molecule has 0 unspecified atom stereocenters. The molecule has 2 aromatic heterocycles. The van der Waals surface area contributed by atoms with E-state index in [0.29, 0.717) is 39.9 Å². The molecule has 0 N–H and O–H groups in total. The van der Waals surface area contributed by atoms with E-state index in [0.717, 1.165) is 32.9 Å². The highest BCUT2D eigenvalue weighted by Gasteiger charge is 2.51. The van der Waals surface area contributed by atoms with Gasteiger partial charge in [-0.05, 0) is 69.8 Å². The van der Waals surface area contributed by atoms with Crippen molar-refractivity contribution < 1.29 is 0 Å². The lowest BCUT2D eigenvalue weighted by molar-refractivity contribution is 0.728. The lowest BCUT2D eigenvalue weighted by atomic mass is 9.66. The Kier molecular flexibility index (Phi) is 7.71. The maximum absolute atomic E-state index is 11.1. The monoisotopic (exact) mass is 794 g/mol. The first-order valence-corrected chi connectivity index (χ1v) is 20.9. The fourth-order valence-corrected chi connectivity index (χ4v) is 11.0. The molecule has 1 aliphatic heterocycles. The predicted molar refractivity (Wildman–Crippen MR) is 241 cm³/mol. The van der Waals surface area contributed by atoms with Gasteiger partial charge in [0.15, 0.2) is 17.5 Å². The number of hydrogen-bond donors (Lipinski definition) is 0. The minimum Gasteiger partial charge on any atom is -0.307 e. The van der Waals surface area contributed by atoms with Gasteiger partial charge in [0.1, 0.15) is 12.1 Å². The molecular formula is C54H30N6S. The van der Waals surface area contributed by atoms with Crippen LogP contribution in [0, 0.1) is 22.7 Å². The quantitative estimate of drug-likeness (QED) is 0.176. The second kappa shape index (κ2) is 13.5. The topological polar surface area (TPSA) is 91.2 Å². The van der Waals surface area contributed by atoms with E-state index in [-0.39, 0.29) is 0 Å². The summed E-state index contributed by atoms with van der Waals surface area (Å²) in [5.41, 5.74) is 11.9. The Morgan fingerprint density at radius 2 is 0.967 bits per heavy atom. The van der Waals surface area contributed by atoms with Crippen molar-refractivity contribution in [2.24, 2.45) is 0 Å².